The van der Waals surface area contributed by atoms with E-state index in [1.807, 2.05) is 19.9 Å². The molecule has 0 aliphatic heterocycles. The maximum atomic E-state index is 13.6. The first-order valence-electron chi connectivity index (χ1n) is 6.16. The number of halogens is 5. The van der Waals surface area contributed by atoms with Gasteiger partial charge < -0.3 is 5.32 Å². The monoisotopic (exact) mass is 409 g/mol. The summed E-state index contributed by atoms with van der Waals surface area (Å²) in [7, 11) is 0. The molecule has 0 aliphatic carbocycles. The molecule has 0 heterocycles. The third kappa shape index (κ3) is 3.65. The average Bonchev–Trinajstić information content (AvgIpc) is 2.41. The van der Waals surface area contributed by atoms with Gasteiger partial charge in [0.05, 0.1) is 16.8 Å². The molecule has 0 spiro atoms. The summed E-state index contributed by atoms with van der Waals surface area (Å²) in [6.45, 7) is 3.77. The molecule has 0 aliphatic rings. The molecule has 1 nitrogen and oxygen atoms in total. The van der Waals surface area contributed by atoms with Gasteiger partial charge in [-0.05, 0) is 59.6 Å². The Morgan fingerprint density at radius 1 is 1.14 bits per heavy atom. The minimum Gasteiger partial charge on any atom is -0.377 e. The van der Waals surface area contributed by atoms with Crippen molar-refractivity contribution >= 4 is 56.4 Å². The van der Waals surface area contributed by atoms with Crippen LogP contribution < -0.4 is 5.32 Å². The Labute approximate surface area is 146 Å². The summed E-state index contributed by atoms with van der Waals surface area (Å²) in [5.41, 5.74) is 2.26. The van der Waals surface area contributed by atoms with Crippen LogP contribution in [0.3, 0.4) is 0 Å². The minimum absolute atomic E-state index is 0.0248. The van der Waals surface area contributed by atoms with Gasteiger partial charge in [0, 0.05) is 20.1 Å². The van der Waals surface area contributed by atoms with E-state index in [9.17, 15) is 4.39 Å². The van der Waals surface area contributed by atoms with Gasteiger partial charge in [-0.2, -0.15) is 0 Å². The average molecular weight is 412 g/mol. The quantitative estimate of drug-likeness (QED) is 0.535. The van der Waals surface area contributed by atoms with E-state index in [0.717, 1.165) is 15.7 Å². The van der Waals surface area contributed by atoms with Crippen molar-refractivity contribution in [2.75, 3.05) is 5.32 Å². The molecule has 1 unspecified atom stereocenters. The maximum absolute atomic E-state index is 13.6. The fraction of sp³-hybridized carbons (Fsp3) is 0.200. The van der Waals surface area contributed by atoms with E-state index in [1.165, 1.54) is 12.1 Å². The number of benzene rings is 2. The van der Waals surface area contributed by atoms with Crippen molar-refractivity contribution in [3.63, 3.8) is 0 Å². The van der Waals surface area contributed by atoms with Crippen molar-refractivity contribution in [1.82, 2.24) is 0 Å². The normalized spacial score (nSPS) is 12.3. The Morgan fingerprint density at radius 3 is 2.48 bits per heavy atom. The second-order valence-electron chi connectivity index (χ2n) is 4.70. The van der Waals surface area contributed by atoms with Gasteiger partial charge in [0.1, 0.15) is 5.82 Å². The molecule has 2 aromatic carbocycles. The van der Waals surface area contributed by atoms with Gasteiger partial charge in [-0.25, -0.2) is 4.39 Å². The number of hydrogen-bond donors (Lipinski definition) is 1. The highest BCUT2D eigenvalue weighted by atomic mass is 79.9. The van der Waals surface area contributed by atoms with Crippen LogP contribution in [0.4, 0.5) is 10.1 Å². The molecule has 0 fully saturated rings. The lowest BCUT2D eigenvalue weighted by atomic mass is 10.1. The van der Waals surface area contributed by atoms with Crippen LogP contribution in [-0.2, 0) is 0 Å². The highest BCUT2D eigenvalue weighted by Gasteiger charge is 2.18. The van der Waals surface area contributed by atoms with Crippen LogP contribution in [0, 0.1) is 12.7 Å². The zero-order chi connectivity index (χ0) is 15.7. The first-order valence-corrected chi connectivity index (χ1v) is 8.09. The van der Waals surface area contributed by atoms with Crippen molar-refractivity contribution in [2.24, 2.45) is 0 Å². The number of rotatable bonds is 3. The fourth-order valence-electron chi connectivity index (χ4n) is 2.00. The molecule has 0 radical (unpaired) electrons. The molecule has 0 aromatic heterocycles. The largest absolute Gasteiger partial charge is 0.377 e. The second-order valence-corrected chi connectivity index (χ2v) is 6.75. The summed E-state index contributed by atoms with van der Waals surface area (Å²) >= 11 is 21.8. The molecule has 0 saturated carbocycles. The van der Waals surface area contributed by atoms with Crippen molar-refractivity contribution in [3.05, 3.63) is 60.8 Å². The fourth-order valence-corrected chi connectivity index (χ4v) is 3.44. The van der Waals surface area contributed by atoms with Crippen LogP contribution in [0.25, 0.3) is 0 Å². The number of hydrogen-bond acceptors (Lipinski definition) is 1. The van der Waals surface area contributed by atoms with Crippen LogP contribution in [0.1, 0.15) is 24.1 Å². The van der Waals surface area contributed by atoms with Crippen LogP contribution in [0.5, 0.6) is 0 Å². The summed E-state index contributed by atoms with van der Waals surface area (Å²) in [4.78, 5) is 0. The zero-order valence-corrected chi connectivity index (χ0v) is 15.1. The molecule has 21 heavy (non-hydrogen) atoms. The SMILES string of the molecule is Cc1cc(Br)c(NC(C)c2c(Cl)ccc(F)c2Cl)cc1Cl. The second kappa shape index (κ2) is 6.74. The number of anilines is 1. The molecule has 2 aromatic rings. The number of aryl methyl sites for hydroxylation is 1. The van der Waals surface area contributed by atoms with Crippen molar-refractivity contribution < 1.29 is 4.39 Å². The lowest BCUT2D eigenvalue weighted by Gasteiger charge is -2.20. The van der Waals surface area contributed by atoms with E-state index < -0.39 is 5.82 Å². The van der Waals surface area contributed by atoms with E-state index in [-0.39, 0.29) is 11.1 Å². The Hall–Kier alpha value is -0.480. The van der Waals surface area contributed by atoms with E-state index in [0.29, 0.717) is 15.6 Å². The minimum atomic E-state index is -0.495. The molecule has 112 valence electrons. The summed E-state index contributed by atoms with van der Waals surface area (Å²) in [5.74, 6) is -0.495. The number of nitrogens with one attached hydrogen (secondary N) is 1. The molecular weight excluding hydrogens is 399 g/mol. The van der Waals surface area contributed by atoms with Gasteiger partial charge in [0.25, 0.3) is 0 Å². The van der Waals surface area contributed by atoms with Gasteiger partial charge in [-0.3, -0.25) is 0 Å². The van der Waals surface area contributed by atoms with Gasteiger partial charge in [-0.15, -0.1) is 0 Å². The highest BCUT2D eigenvalue weighted by molar-refractivity contribution is 9.10. The van der Waals surface area contributed by atoms with Gasteiger partial charge in [-0.1, -0.05) is 34.8 Å². The molecule has 0 bridgehead atoms. The van der Waals surface area contributed by atoms with Gasteiger partial charge >= 0.3 is 0 Å². The lowest BCUT2D eigenvalue weighted by molar-refractivity contribution is 0.624. The van der Waals surface area contributed by atoms with Crippen LogP contribution in [-0.4, -0.2) is 0 Å². The standard InChI is InChI=1S/C15H12BrCl3FN/c1-7-5-9(16)13(6-11(7)18)21-8(2)14-10(17)3-4-12(20)15(14)19/h3-6,8,21H,1-2H3. The van der Waals surface area contributed by atoms with Gasteiger partial charge in [0.15, 0.2) is 0 Å². The summed E-state index contributed by atoms with van der Waals surface area (Å²) in [5, 5.41) is 4.32. The first kappa shape index (κ1) is 16.9. The molecule has 1 N–H and O–H groups in total. The van der Waals surface area contributed by atoms with E-state index in [1.54, 1.807) is 6.07 Å². The first-order chi connectivity index (χ1) is 9.81. The van der Waals surface area contributed by atoms with E-state index >= 15 is 0 Å². The maximum Gasteiger partial charge on any atom is 0.142 e. The molecule has 1 atom stereocenters. The van der Waals surface area contributed by atoms with E-state index in [2.05, 4.69) is 21.2 Å². The van der Waals surface area contributed by atoms with Crippen LogP contribution in [0.2, 0.25) is 15.1 Å². The Bertz CT molecular complexity index is 691. The predicted octanol–water partition coefficient (Wildman–Crippen LogP) is 7.03. The van der Waals surface area contributed by atoms with Crippen LogP contribution >= 0.6 is 50.7 Å². The highest BCUT2D eigenvalue weighted by Crippen LogP contribution is 2.36. The third-order valence-electron chi connectivity index (χ3n) is 3.13. The smallest absolute Gasteiger partial charge is 0.142 e. The lowest BCUT2D eigenvalue weighted by Crippen LogP contribution is -2.09. The predicted molar refractivity (Wildman–Crippen MR) is 92.3 cm³/mol. The third-order valence-corrected chi connectivity index (χ3v) is 4.91. The van der Waals surface area contributed by atoms with Gasteiger partial charge in [0.2, 0.25) is 0 Å². The Kier molecular flexibility index (Phi) is 5.42. The van der Waals surface area contributed by atoms with Crippen molar-refractivity contribution in [1.29, 1.82) is 0 Å². The molecule has 2 rings (SSSR count). The zero-order valence-electron chi connectivity index (χ0n) is 11.3. The summed E-state index contributed by atoms with van der Waals surface area (Å²) in [6.07, 6.45) is 0. The van der Waals surface area contributed by atoms with Crippen LogP contribution in [0.15, 0.2) is 28.7 Å². The Balaban J connectivity index is 2.37. The molecule has 6 heteroatoms. The van der Waals surface area contributed by atoms with E-state index in [4.69, 9.17) is 34.8 Å². The van der Waals surface area contributed by atoms with Crippen molar-refractivity contribution in [3.8, 4) is 0 Å². The molecule has 0 amide bonds. The summed E-state index contributed by atoms with van der Waals surface area (Å²) < 4.78 is 14.5. The topological polar surface area (TPSA) is 12.0 Å². The van der Waals surface area contributed by atoms with Crippen molar-refractivity contribution in [2.45, 2.75) is 19.9 Å². The molecule has 0 saturated heterocycles. The Morgan fingerprint density at radius 2 is 1.81 bits per heavy atom. The summed E-state index contributed by atoms with van der Waals surface area (Å²) in [6, 6.07) is 6.17. The molecular formula is C15H12BrCl3FN.